The molecule has 0 aliphatic carbocycles. The Morgan fingerprint density at radius 2 is 1.88 bits per heavy atom. The van der Waals surface area contributed by atoms with Gasteiger partial charge in [-0.1, -0.05) is 35.7 Å². The maximum absolute atomic E-state index is 11.9. The number of unbranched alkanes of at least 4 members (excludes halogenated alkanes) is 2. The van der Waals surface area contributed by atoms with Gasteiger partial charge in [0.05, 0.1) is 22.2 Å². The molecule has 0 saturated heterocycles. The van der Waals surface area contributed by atoms with E-state index in [2.05, 4.69) is 10.3 Å². The molecule has 8 heteroatoms. The fourth-order valence-corrected chi connectivity index (χ4v) is 3.82. The van der Waals surface area contributed by atoms with Crippen LogP contribution in [0.25, 0.3) is 10.6 Å². The fourth-order valence-electron chi connectivity index (χ4n) is 2.24. The van der Waals surface area contributed by atoms with Crippen LogP contribution < -0.4 is 5.32 Å². The van der Waals surface area contributed by atoms with Crippen LogP contribution in [-0.2, 0) is 16.0 Å². The Morgan fingerprint density at radius 1 is 1.16 bits per heavy atom. The molecule has 134 valence electrons. The number of nitrogens with one attached hydrogen (secondary N) is 1. The second-order valence-corrected chi connectivity index (χ2v) is 7.14. The highest BCUT2D eigenvalue weighted by atomic mass is 35.5. The number of carboxylic acid groups (broad SMARTS) is 1. The number of amides is 1. The molecule has 1 heterocycles. The monoisotopic (exact) mass is 400 g/mol. The maximum atomic E-state index is 11.9. The van der Waals surface area contributed by atoms with Crippen molar-refractivity contribution in [2.75, 3.05) is 6.54 Å². The highest BCUT2D eigenvalue weighted by Crippen LogP contribution is 2.36. The van der Waals surface area contributed by atoms with E-state index < -0.39 is 5.97 Å². The summed E-state index contributed by atoms with van der Waals surface area (Å²) in [6, 6.07) is 5.27. The summed E-state index contributed by atoms with van der Waals surface area (Å²) in [4.78, 5) is 26.8. The molecule has 0 atom stereocenters. The van der Waals surface area contributed by atoms with Crippen LogP contribution in [0.2, 0.25) is 10.0 Å². The summed E-state index contributed by atoms with van der Waals surface area (Å²) in [5, 5.41) is 14.9. The largest absolute Gasteiger partial charge is 0.481 e. The molecule has 2 rings (SSSR count). The van der Waals surface area contributed by atoms with E-state index in [1.54, 1.807) is 18.2 Å². The number of aromatic nitrogens is 1. The molecule has 0 saturated carbocycles. The Labute approximate surface area is 160 Å². The van der Waals surface area contributed by atoms with Crippen LogP contribution in [0.5, 0.6) is 0 Å². The fraction of sp³-hybridized carbons (Fsp3) is 0.353. The van der Waals surface area contributed by atoms with E-state index in [9.17, 15) is 9.59 Å². The van der Waals surface area contributed by atoms with Crippen molar-refractivity contribution in [3.63, 3.8) is 0 Å². The number of aliphatic carboxylic acids is 1. The first-order valence-electron chi connectivity index (χ1n) is 7.84. The summed E-state index contributed by atoms with van der Waals surface area (Å²) in [7, 11) is 0. The number of carboxylic acids is 1. The summed E-state index contributed by atoms with van der Waals surface area (Å²) in [5.74, 6) is -0.901. The van der Waals surface area contributed by atoms with Crippen LogP contribution in [0.1, 0.15) is 31.4 Å². The number of carbonyl (C=O) groups excluding carboxylic acids is 1. The molecule has 1 aromatic heterocycles. The summed E-state index contributed by atoms with van der Waals surface area (Å²) in [6.07, 6.45) is 2.52. The van der Waals surface area contributed by atoms with Gasteiger partial charge in [-0.2, -0.15) is 0 Å². The molecule has 0 aliphatic rings. The summed E-state index contributed by atoms with van der Waals surface area (Å²) in [5.41, 5.74) is 1.35. The number of benzene rings is 1. The van der Waals surface area contributed by atoms with Gasteiger partial charge in [-0.3, -0.25) is 9.59 Å². The number of hydrogen-bond acceptors (Lipinski definition) is 4. The summed E-state index contributed by atoms with van der Waals surface area (Å²) in [6.45, 7) is 0.534. The number of hydrogen-bond donors (Lipinski definition) is 2. The molecule has 25 heavy (non-hydrogen) atoms. The Balaban J connectivity index is 1.81. The van der Waals surface area contributed by atoms with Crippen molar-refractivity contribution in [1.82, 2.24) is 10.3 Å². The van der Waals surface area contributed by atoms with Gasteiger partial charge >= 0.3 is 5.97 Å². The van der Waals surface area contributed by atoms with Crippen molar-refractivity contribution < 1.29 is 14.7 Å². The van der Waals surface area contributed by atoms with Crippen LogP contribution in [0, 0.1) is 0 Å². The Hall–Kier alpha value is -1.63. The molecule has 0 bridgehead atoms. The zero-order valence-electron chi connectivity index (χ0n) is 13.4. The summed E-state index contributed by atoms with van der Waals surface area (Å²) >= 11 is 13.7. The first kappa shape index (κ1) is 19.7. The average Bonchev–Trinajstić information content (AvgIpc) is 2.98. The van der Waals surface area contributed by atoms with Crippen LogP contribution >= 0.6 is 34.5 Å². The lowest BCUT2D eigenvalue weighted by Gasteiger charge is -2.04. The van der Waals surface area contributed by atoms with Crippen LogP contribution in [0.4, 0.5) is 0 Å². The third-order valence-electron chi connectivity index (χ3n) is 3.46. The minimum Gasteiger partial charge on any atom is -0.481 e. The number of halogens is 2. The van der Waals surface area contributed by atoms with Gasteiger partial charge < -0.3 is 10.4 Å². The Bertz CT molecular complexity index is 729. The molecular weight excluding hydrogens is 383 g/mol. The second kappa shape index (κ2) is 9.75. The van der Waals surface area contributed by atoms with E-state index in [0.29, 0.717) is 39.3 Å². The minimum atomic E-state index is -0.790. The molecule has 0 spiro atoms. The maximum Gasteiger partial charge on any atom is 0.303 e. The standard InChI is InChI=1S/C17H18Cl2N2O3S/c18-12-5-4-6-13(19)16(12)17-21-11(10-25-17)9-14(22)20-8-3-1-2-7-15(23)24/h4-6,10H,1-3,7-9H2,(H,20,22)(H,23,24). The minimum absolute atomic E-state index is 0.111. The molecule has 0 aliphatic heterocycles. The normalized spacial score (nSPS) is 10.6. The third kappa shape index (κ3) is 6.30. The van der Waals surface area contributed by atoms with Gasteiger partial charge in [-0.25, -0.2) is 4.98 Å². The highest BCUT2D eigenvalue weighted by Gasteiger charge is 2.14. The molecule has 0 unspecified atom stereocenters. The van der Waals surface area contributed by atoms with Crippen LogP contribution in [0.15, 0.2) is 23.6 Å². The average molecular weight is 401 g/mol. The number of rotatable bonds is 9. The van der Waals surface area contributed by atoms with Crippen molar-refractivity contribution in [3.8, 4) is 10.6 Å². The van der Waals surface area contributed by atoms with Gasteiger partial charge in [0.2, 0.25) is 5.91 Å². The zero-order chi connectivity index (χ0) is 18.2. The van der Waals surface area contributed by atoms with E-state index >= 15 is 0 Å². The quantitative estimate of drug-likeness (QED) is 0.610. The SMILES string of the molecule is O=C(O)CCCCCNC(=O)Cc1csc(-c2c(Cl)cccc2Cl)n1. The molecule has 1 aromatic carbocycles. The van der Waals surface area contributed by atoms with E-state index in [0.717, 1.165) is 12.8 Å². The first-order valence-corrected chi connectivity index (χ1v) is 9.48. The smallest absolute Gasteiger partial charge is 0.303 e. The van der Waals surface area contributed by atoms with Gasteiger partial charge in [-0.15, -0.1) is 11.3 Å². The molecule has 2 aromatic rings. The lowest BCUT2D eigenvalue weighted by Crippen LogP contribution is -2.26. The van der Waals surface area contributed by atoms with Crippen molar-refractivity contribution in [2.45, 2.75) is 32.1 Å². The van der Waals surface area contributed by atoms with Crippen molar-refractivity contribution in [1.29, 1.82) is 0 Å². The number of thiazole rings is 1. The van der Waals surface area contributed by atoms with E-state index in [4.69, 9.17) is 28.3 Å². The van der Waals surface area contributed by atoms with E-state index in [1.807, 2.05) is 5.38 Å². The predicted molar refractivity (Wildman–Crippen MR) is 100 cm³/mol. The van der Waals surface area contributed by atoms with Gasteiger partial charge in [0, 0.05) is 23.9 Å². The topological polar surface area (TPSA) is 79.3 Å². The summed E-state index contributed by atoms with van der Waals surface area (Å²) < 4.78 is 0. The van der Waals surface area contributed by atoms with Gasteiger partial charge in [0.15, 0.2) is 0 Å². The molecule has 0 fully saturated rings. The molecular formula is C17H18Cl2N2O3S. The lowest BCUT2D eigenvalue weighted by atomic mass is 10.2. The molecule has 1 amide bonds. The first-order chi connectivity index (χ1) is 12.0. The Morgan fingerprint density at radius 3 is 2.56 bits per heavy atom. The third-order valence-corrected chi connectivity index (χ3v) is 5.00. The van der Waals surface area contributed by atoms with Crippen LogP contribution in [0.3, 0.4) is 0 Å². The molecule has 0 radical (unpaired) electrons. The van der Waals surface area contributed by atoms with E-state index in [-0.39, 0.29) is 18.7 Å². The van der Waals surface area contributed by atoms with Crippen molar-refractivity contribution in [3.05, 3.63) is 39.3 Å². The van der Waals surface area contributed by atoms with Crippen molar-refractivity contribution >= 4 is 46.4 Å². The van der Waals surface area contributed by atoms with E-state index in [1.165, 1.54) is 11.3 Å². The number of nitrogens with zero attached hydrogens (tertiary/aromatic N) is 1. The van der Waals surface area contributed by atoms with Gasteiger partial charge in [-0.05, 0) is 25.0 Å². The van der Waals surface area contributed by atoms with Gasteiger partial charge in [0.25, 0.3) is 0 Å². The molecule has 5 nitrogen and oxygen atoms in total. The van der Waals surface area contributed by atoms with Crippen molar-refractivity contribution in [2.24, 2.45) is 0 Å². The predicted octanol–water partition coefficient (Wildman–Crippen LogP) is 4.42. The Kier molecular flexibility index (Phi) is 7.68. The van der Waals surface area contributed by atoms with Crippen LogP contribution in [-0.4, -0.2) is 28.5 Å². The zero-order valence-corrected chi connectivity index (χ0v) is 15.8. The highest BCUT2D eigenvalue weighted by molar-refractivity contribution is 7.13. The second-order valence-electron chi connectivity index (χ2n) is 5.47. The number of carbonyl (C=O) groups is 2. The lowest BCUT2D eigenvalue weighted by molar-refractivity contribution is -0.137. The molecule has 2 N–H and O–H groups in total. The van der Waals surface area contributed by atoms with Gasteiger partial charge in [0.1, 0.15) is 5.01 Å².